The van der Waals surface area contributed by atoms with Gasteiger partial charge in [-0.1, -0.05) is 35.4 Å². The fourth-order valence-corrected chi connectivity index (χ4v) is 2.00. The number of nitrogens with zero attached hydrogens (tertiary/aromatic N) is 4. The van der Waals surface area contributed by atoms with Crippen LogP contribution < -0.4 is 5.32 Å². The molecule has 0 saturated carbocycles. The molecule has 2 N–H and O–H groups in total. The van der Waals surface area contributed by atoms with Crippen LogP contribution in [0, 0.1) is 0 Å². The Hall–Kier alpha value is -3.58. The highest BCUT2D eigenvalue weighted by molar-refractivity contribution is 5.80. The van der Waals surface area contributed by atoms with E-state index in [4.69, 9.17) is 10.3 Å². The largest absolute Gasteiger partial charge is 0.480 e. The maximum absolute atomic E-state index is 11.8. The summed E-state index contributed by atoms with van der Waals surface area (Å²) in [4.78, 5) is 29.7. The van der Waals surface area contributed by atoms with Crippen molar-refractivity contribution in [1.29, 1.82) is 0 Å². The van der Waals surface area contributed by atoms with Crippen molar-refractivity contribution in [2.75, 3.05) is 0 Å². The van der Waals surface area contributed by atoms with Gasteiger partial charge in [0.2, 0.25) is 0 Å². The summed E-state index contributed by atoms with van der Waals surface area (Å²) in [6.07, 6.45) is 2.37. The van der Waals surface area contributed by atoms with Crippen molar-refractivity contribution in [2.24, 2.45) is 5.11 Å². The van der Waals surface area contributed by atoms with Gasteiger partial charge in [-0.25, -0.2) is 9.59 Å². The van der Waals surface area contributed by atoms with Gasteiger partial charge < -0.3 is 15.2 Å². The molecule has 0 unspecified atom stereocenters. The van der Waals surface area contributed by atoms with E-state index in [1.807, 2.05) is 0 Å². The van der Waals surface area contributed by atoms with Crippen molar-refractivity contribution in [3.05, 3.63) is 70.4 Å². The number of alkyl carbamates (subject to hydrolysis) is 1. The topological polar surface area (TPSA) is 137 Å². The molecule has 1 atom stereocenters. The van der Waals surface area contributed by atoms with Crippen LogP contribution in [0.2, 0.25) is 0 Å². The van der Waals surface area contributed by atoms with Crippen molar-refractivity contribution in [1.82, 2.24) is 10.3 Å². The van der Waals surface area contributed by atoms with Crippen LogP contribution in [0.4, 0.5) is 10.5 Å². The van der Waals surface area contributed by atoms with Gasteiger partial charge in [-0.3, -0.25) is 4.98 Å². The predicted molar refractivity (Wildman–Crippen MR) is 87.9 cm³/mol. The van der Waals surface area contributed by atoms with Crippen molar-refractivity contribution in [2.45, 2.75) is 19.1 Å². The maximum Gasteiger partial charge on any atom is 0.408 e. The number of carboxylic acid groups (broad SMARTS) is 1. The third-order valence-corrected chi connectivity index (χ3v) is 3.22. The molecule has 0 saturated heterocycles. The molecule has 0 fully saturated rings. The molecule has 128 valence electrons. The zero-order chi connectivity index (χ0) is 18.1. The summed E-state index contributed by atoms with van der Waals surface area (Å²) < 4.78 is 5.01. The van der Waals surface area contributed by atoms with Gasteiger partial charge >= 0.3 is 12.1 Å². The van der Waals surface area contributed by atoms with E-state index < -0.39 is 18.1 Å². The first-order chi connectivity index (χ1) is 12.1. The Labute approximate surface area is 142 Å². The standard InChI is InChI=1S/C16H15N5O4/c17-21-20-13-5-3-11(4-6-13)10-25-16(24)19-14(15(22)23)8-12-2-1-7-18-9-12/h1-7,9,14H,8,10H2,(H,19,24)(H,22,23)/t14-/m1/s1. The third kappa shape index (κ3) is 5.85. The number of carbonyl (C=O) groups is 2. The monoisotopic (exact) mass is 341 g/mol. The summed E-state index contributed by atoms with van der Waals surface area (Å²) in [6, 6.07) is 8.73. The summed E-state index contributed by atoms with van der Waals surface area (Å²) >= 11 is 0. The third-order valence-electron chi connectivity index (χ3n) is 3.22. The lowest BCUT2D eigenvalue weighted by molar-refractivity contribution is -0.139. The molecule has 0 aliphatic heterocycles. The minimum Gasteiger partial charge on any atom is -0.480 e. The Bertz CT molecular complexity index is 773. The average molecular weight is 341 g/mol. The van der Waals surface area contributed by atoms with Crippen LogP contribution in [-0.2, 0) is 22.6 Å². The van der Waals surface area contributed by atoms with Gasteiger partial charge in [0, 0.05) is 29.4 Å². The van der Waals surface area contributed by atoms with Crippen LogP contribution >= 0.6 is 0 Å². The van der Waals surface area contributed by atoms with Crippen molar-refractivity contribution in [3.8, 4) is 0 Å². The predicted octanol–water partition coefficient (Wildman–Crippen LogP) is 2.95. The van der Waals surface area contributed by atoms with Crippen LogP contribution in [0.25, 0.3) is 10.4 Å². The van der Waals surface area contributed by atoms with E-state index in [9.17, 15) is 14.7 Å². The van der Waals surface area contributed by atoms with E-state index in [0.29, 0.717) is 16.8 Å². The second-order valence-electron chi connectivity index (χ2n) is 5.03. The Balaban J connectivity index is 1.88. The number of carboxylic acids is 1. The van der Waals surface area contributed by atoms with Crippen LogP contribution in [-0.4, -0.2) is 28.2 Å². The van der Waals surface area contributed by atoms with Crippen LogP contribution in [0.3, 0.4) is 0 Å². The summed E-state index contributed by atoms with van der Waals surface area (Å²) in [7, 11) is 0. The molecule has 9 heteroatoms. The lowest BCUT2D eigenvalue weighted by Gasteiger charge is -2.14. The number of hydrogen-bond acceptors (Lipinski definition) is 5. The summed E-state index contributed by atoms with van der Waals surface area (Å²) in [6.45, 7) is -0.0401. The molecule has 1 aromatic heterocycles. The van der Waals surface area contributed by atoms with Gasteiger partial charge in [-0.15, -0.1) is 0 Å². The summed E-state index contributed by atoms with van der Waals surface area (Å²) in [5.74, 6) is -1.17. The Kier molecular flexibility index (Phi) is 6.32. The van der Waals surface area contributed by atoms with E-state index in [0.717, 1.165) is 0 Å². The van der Waals surface area contributed by atoms with Crippen molar-refractivity contribution in [3.63, 3.8) is 0 Å². The number of benzene rings is 1. The first-order valence-corrected chi connectivity index (χ1v) is 7.27. The SMILES string of the molecule is [N-]=[N+]=Nc1ccc(COC(=O)N[C@H](Cc2cccnc2)C(=O)O)cc1. The van der Waals surface area contributed by atoms with E-state index in [2.05, 4.69) is 20.3 Å². The van der Waals surface area contributed by atoms with Gasteiger partial charge in [-0.2, -0.15) is 0 Å². The highest BCUT2D eigenvalue weighted by Crippen LogP contribution is 2.13. The molecule has 1 heterocycles. The summed E-state index contributed by atoms with van der Waals surface area (Å²) in [5.41, 5.74) is 10.1. The molecule has 1 aromatic carbocycles. The molecule has 0 bridgehead atoms. The minimum atomic E-state index is -1.17. The molecule has 0 spiro atoms. The minimum absolute atomic E-state index is 0.0401. The van der Waals surface area contributed by atoms with Gasteiger partial charge in [0.05, 0.1) is 0 Å². The Morgan fingerprint density at radius 2 is 2.04 bits per heavy atom. The molecule has 0 aliphatic carbocycles. The molecule has 0 aliphatic rings. The van der Waals surface area contributed by atoms with E-state index in [-0.39, 0.29) is 13.0 Å². The average Bonchev–Trinajstić information content (AvgIpc) is 2.61. The highest BCUT2D eigenvalue weighted by atomic mass is 16.5. The summed E-state index contributed by atoms with van der Waals surface area (Å²) in [5, 5.41) is 15.0. The number of nitrogens with one attached hydrogen (secondary N) is 1. The zero-order valence-corrected chi connectivity index (χ0v) is 13.1. The van der Waals surface area contributed by atoms with Crippen LogP contribution in [0.5, 0.6) is 0 Å². The van der Waals surface area contributed by atoms with E-state index >= 15 is 0 Å². The zero-order valence-electron chi connectivity index (χ0n) is 13.1. The normalized spacial score (nSPS) is 11.0. The molecule has 2 rings (SSSR count). The Morgan fingerprint density at radius 1 is 1.28 bits per heavy atom. The highest BCUT2D eigenvalue weighted by Gasteiger charge is 2.21. The number of aromatic nitrogens is 1. The molecular formula is C16H15N5O4. The van der Waals surface area contributed by atoms with Gasteiger partial charge in [0.1, 0.15) is 12.6 Å². The first kappa shape index (κ1) is 17.8. The van der Waals surface area contributed by atoms with E-state index in [1.54, 1.807) is 42.6 Å². The first-order valence-electron chi connectivity index (χ1n) is 7.27. The van der Waals surface area contributed by atoms with Crippen LogP contribution in [0.15, 0.2) is 53.9 Å². The smallest absolute Gasteiger partial charge is 0.408 e. The number of azide groups is 1. The molecule has 9 nitrogen and oxygen atoms in total. The molecule has 2 aromatic rings. The van der Waals surface area contributed by atoms with Crippen LogP contribution in [0.1, 0.15) is 11.1 Å². The number of ether oxygens (including phenoxy) is 1. The second-order valence-corrected chi connectivity index (χ2v) is 5.03. The molecular weight excluding hydrogens is 326 g/mol. The fraction of sp³-hybridized carbons (Fsp3) is 0.188. The molecule has 0 radical (unpaired) electrons. The van der Waals surface area contributed by atoms with Gasteiger partial charge in [0.15, 0.2) is 0 Å². The fourth-order valence-electron chi connectivity index (χ4n) is 2.00. The Morgan fingerprint density at radius 3 is 2.64 bits per heavy atom. The number of carbonyl (C=O) groups excluding carboxylic acids is 1. The quantitative estimate of drug-likeness (QED) is 0.453. The van der Waals surface area contributed by atoms with Crippen molar-refractivity contribution < 1.29 is 19.4 Å². The number of pyridine rings is 1. The second kappa shape index (κ2) is 8.90. The van der Waals surface area contributed by atoms with Gasteiger partial charge in [-0.05, 0) is 22.7 Å². The number of amides is 1. The van der Waals surface area contributed by atoms with E-state index in [1.165, 1.54) is 6.20 Å². The molecule has 1 amide bonds. The van der Waals surface area contributed by atoms with Gasteiger partial charge in [0.25, 0.3) is 0 Å². The van der Waals surface area contributed by atoms with Crippen molar-refractivity contribution >= 4 is 17.7 Å². The lowest BCUT2D eigenvalue weighted by atomic mass is 10.1. The number of aliphatic carboxylic acids is 1. The molecule has 25 heavy (non-hydrogen) atoms. The maximum atomic E-state index is 11.8. The number of hydrogen-bond donors (Lipinski definition) is 2. The number of rotatable bonds is 7. The lowest BCUT2D eigenvalue weighted by Crippen LogP contribution is -2.42.